The standard InChI is InChI=1S/2C20H19F6NO.2C17H18BrNO.2C7H7.2ClH.Hf.Ti/c2*1-18(2,3)16-8-11(5-13(10-27-4)17(16)28)12-6-14(19(21,22)23)9-15(7-12)20(24,25)26;2*1-17(2,13-7-5-4-6-8-13)15-10-14(18)9-12(11-19-3)16(15)20;2*1-7-5-3-2-4-6-7;;;;/h2*5-10,28H,1-4H3;2*4-11,20H,1-3H3;2*2-6H,1H2;2*1H;;/q;;;;2*-1;;;;+2/p-2. The minimum Gasteiger partial charge on any atom is 0 e. The van der Waals surface area contributed by atoms with Gasteiger partial charge < -0.3 is 20.4 Å². The number of aromatic hydroxyl groups is 4. The Hall–Kier alpha value is -7.90. The molecule has 0 aliphatic heterocycles. The molecule has 0 unspecified atom stereocenters. The van der Waals surface area contributed by atoms with E-state index in [0.29, 0.717) is 35.4 Å². The van der Waals surface area contributed by atoms with Crippen LogP contribution < -0.4 is 0 Å². The summed E-state index contributed by atoms with van der Waals surface area (Å²) in [7, 11) is 16.1. The Morgan fingerprint density at radius 1 is 0.316 bits per heavy atom. The Morgan fingerprint density at radius 3 is 0.728 bits per heavy atom. The van der Waals surface area contributed by atoms with Gasteiger partial charge in [0.2, 0.25) is 0 Å². The maximum absolute atomic E-state index is 13.2. The number of alkyl halides is 12. The molecule has 10 aromatic rings. The summed E-state index contributed by atoms with van der Waals surface area (Å²) in [6.07, 6.45) is -13.8. The van der Waals surface area contributed by atoms with Crippen LogP contribution in [0.2, 0.25) is 0 Å². The molecule has 0 bridgehead atoms. The fourth-order valence-electron chi connectivity index (χ4n) is 11.2. The molecule has 0 spiro atoms. The van der Waals surface area contributed by atoms with Crippen molar-refractivity contribution in [1.82, 2.24) is 0 Å². The van der Waals surface area contributed by atoms with Gasteiger partial charge in [-0.2, -0.15) is 102 Å². The van der Waals surface area contributed by atoms with Crippen molar-refractivity contribution in [3.05, 3.63) is 318 Å². The summed E-state index contributed by atoms with van der Waals surface area (Å²) in [4.78, 5) is 15.6. The predicted octanol–water partition coefficient (Wildman–Crippen LogP) is 27.1. The summed E-state index contributed by atoms with van der Waals surface area (Å²) in [6, 6.07) is 56.0. The van der Waals surface area contributed by atoms with Crippen LogP contribution in [-0.4, -0.2) is 73.5 Å². The number of nitrogens with zero attached hydrogens (tertiary/aromatic N) is 4. The zero-order valence-corrected chi connectivity index (χ0v) is 74.8. The van der Waals surface area contributed by atoms with Crippen molar-refractivity contribution >= 4 is 75.3 Å². The van der Waals surface area contributed by atoms with E-state index in [1.807, 2.05) is 121 Å². The fourth-order valence-corrected chi connectivity index (χ4v) is 12.1. The maximum Gasteiger partial charge on any atom is 0 e. The summed E-state index contributed by atoms with van der Waals surface area (Å²) in [5, 5.41) is 41.9. The second-order valence-corrected chi connectivity index (χ2v) is 32.8. The van der Waals surface area contributed by atoms with Crippen molar-refractivity contribution in [2.24, 2.45) is 20.0 Å². The molecule has 26 heteroatoms. The number of phenols is 4. The molecule has 0 saturated carbocycles. The number of aliphatic imine (C=N–C) groups is 4. The SMILES string of the molecule is CN=Cc1cc(-c2cc(C(F)(F)F)cc(C(F)(F)F)c2)cc(C(C)(C)C)c1O.CN=Cc1cc(-c2cc(C(F)(F)F)cc(C(F)(F)F)c2)cc(C(C)(C)C)c1O.CN=Cc1cc(Br)cc(C(C)(C)c2ccccc2)c1O.CN=Cc1cc(Br)cc(C(C)(C)c2ccccc2)c1O.[CH2-]c1ccccc1.[CH2-]c1ccccc1.[Cl][Ti][Cl].[Hf]. The number of hydrogen-bond donors (Lipinski definition) is 4. The molecule has 0 aliphatic rings. The second-order valence-electron chi connectivity index (χ2n) is 28.4. The average molecular weight is 1950 g/mol. The van der Waals surface area contributed by atoms with Crippen molar-refractivity contribution in [2.75, 3.05) is 28.2 Å². The molecule has 114 heavy (non-hydrogen) atoms. The molecule has 10 aromatic carbocycles. The minimum absolute atomic E-state index is 0. The summed E-state index contributed by atoms with van der Waals surface area (Å²) >= 11 is 6.46. The van der Waals surface area contributed by atoms with Gasteiger partial charge in [0.1, 0.15) is 23.0 Å². The van der Waals surface area contributed by atoms with Gasteiger partial charge in [-0.1, -0.05) is 174 Å². The Balaban J connectivity index is 0.000000368. The topological polar surface area (TPSA) is 130 Å². The smallest absolute Gasteiger partial charge is 0 e. The van der Waals surface area contributed by atoms with Gasteiger partial charge in [-0.05, 0) is 129 Å². The van der Waals surface area contributed by atoms with Gasteiger partial charge in [0.25, 0.3) is 0 Å². The molecule has 606 valence electrons. The first-order valence-electron chi connectivity index (χ1n) is 34.3. The Kier molecular flexibility index (Phi) is 38.6. The van der Waals surface area contributed by atoms with Gasteiger partial charge in [0.15, 0.2) is 0 Å². The molecule has 0 amide bonds. The molecule has 0 atom stereocenters. The zero-order chi connectivity index (χ0) is 85.4. The molecule has 4 N–H and O–H groups in total. The Bertz CT molecular complexity index is 4490. The van der Waals surface area contributed by atoms with Crippen molar-refractivity contribution in [3.8, 4) is 45.3 Å². The van der Waals surface area contributed by atoms with Crippen LogP contribution in [0.5, 0.6) is 23.0 Å². The largest absolute Gasteiger partial charge is 0 e. The number of phenolic OH excluding ortho intramolecular Hbond substituents is 4. The van der Waals surface area contributed by atoms with Crippen LogP contribution in [0.25, 0.3) is 22.3 Å². The number of hydrogen-bond acceptors (Lipinski definition) is 8. The van der Waals surface area contributed by atoms with Gasteiger partial charge in [-0.25, -0.2) is 0 Å². The first-order chi connectivity index (χ1) is 52.4. The van der Waals surface area contributed by atoms with E-state index in [9.17, 15) is 73.1 Å². The molecule has 0 aliphatic carbocycles. The molecule has 10 rings (SSSR count). The van der Waals surface area contributed by atoms with E-state index in [1.54, 1.807) is 68.1 Å². The quantitative estimate of drug-likeness (QED) is 0.0470. The molecule has 0 aromatic heterocycles. The van der Waals surface area contributed by atoms with E-state index in [-0.39, 0.29) is 105 Å². The third-order valence-electron chi connectivity index (χ3n) is 17.0. The Morgan fingerprint density at radius 2 is 0.526 bits per heavy atom. The first-order valence-corrected chi connectivity index (χ1v) is 40.2. The molecular weight excluding hydrogens is 1860 g/mol. The normalized spacial score (nSPS) is 11.9. The number of rotatable bonds is 10. The van der Waals surface area contributed by atoms with E-state index in [0.717, 1.165) is 53.5 Å². The third kappa shape index (κ3) is 30.0. The zero-order valence-electron chi connectivity index (χ0n) is 65.0. The van der Waals surface area contributed by atoms with Crippen LogP contribution in [0.15, 0.2) is 235 Å². The van der Waals surface area contributed by atoms with E-state index < -0.39 is 74.8 Å². The van der Waals surface area contributed by atoms with Crippen LogP contribution >= 0.6 is 50.5 Å². The molecule has 8 nitrogen and oxygen atoms in total. The molecule has 0 saturated heterocycles. The fraction of sp³-hybridized carbons (Fsp3) is 0.250. The van der Waals surface area contributed by atoms with Crippen LogP contribution in [0.1, 0.15) is 158 Å². The summed E-state index contributed by atoms with van der Waals surface area (Å²) < 4.78 is 160. The van der Waals surface area contributed by atoms with Gasteiger partial charge in [-0.3, -0.25) is 20.0 Å². The van der Waals surface area contributed by atoms with Gasteiger partial charge in [0, 0.05) is 143 Å². The van der Waals surface area contributed by atoms with Gasteiger partial charge in [0.05, 0.1) is 22.3 Å². The van der Waals surface area contributed by atoms with E-state index in [1.165, 1.54) is 50.8 Å². The van der Waals surface area contributed by atoms with Gasteiger partial charge >= 0.3 is 60.3 Å². The summed E-state index contributed by atoms with van der Waals surface area (Å²) in [5.41, 5.74) is 1.22. The van der Waals surface area contributed by atoms with Gasteiger partial charge in [-0.15, -0.1) is 24.3 Å². The maximum atomic E-state index is 13.2. The van der Waals surface area contributed by atoms with Crippen LogP contribution in [0.4, 0.5) is 52.7 Å². The minimum atomic E-state index is -4.94. The monoisotopic (exact) mass is 1950 g/mol. The van der Waals surface area contributed by atoms with Crippen molar-refractivity contribution < 1.29 is 116 Å². The first kappa shape index (κ1) is 100. The van der Waals surface area contributed by atoms with Crippen molar-refractivity contribution in [3.63, 3.8) is 0 Å². The molecule has 0 fully saturated rings. The Labute approximate surface area is 712 Å². The van der Waals surface area contributed by atoms with E-state index in [2.05, 4.69) is 118 Å². The van der Waals surface area contributed by atoms with E-state index >= 15 is 0 Å². The summed E-state index contributed by atoms with van der Waals surface area (Å²) in [6.45, 7) is 26.5. The van der Waals surface area contributed by atoms with Crippen LogP contribution in [0, 0.1) is 13.8 Å². The van der Waals surface area contributed by atoms with Crippen molar-refractivity contribution in [2.45, 2.75) is 116 Å². The molecule has 0 heterocycles. The van der Waals surface area contributed by atoms with Crippen molar-refractivity contribution in [1.29, 1.82) is 0 Å². The summed E-state index contributed by atoms with van der Waals surface area (Å²) in [5.74, 6) is 0.329. The predicted molar refractivity (Wildman–Crippen MR) is 441 cm³/mol. The average Bonchev–Trinajstić information content (AvgIpc) is 0.797. The second kappa shape index (κ2) is 43.9. The molecule has 0 radical (unpaired) electrons. The van der Waals surface area contributed by atoms with Crippen LogP contribution in [0.3, 0.4) is 0 Å². The number of halogens is 16. The van der Waals surface area contributed by atoms with E-state index in [4.69, 9.17) is 18.6 Å². The third-order valence-corrected chi connectivity index (χ3v) is 18.0. The molecular formula is C88H88Br2Cl2F12HfN4O4Ti-2. The van der Waals surface area contributed by atoms with Crippen LogP contribution in [-0.2, 0) is 89.2 Å². The number of benzene rings is 10.